The van der Waals surface area contributed by atoms with Gasteiger partial charge in [0.1, 0.15) is 0 Å². The van der Waals surface area contributed by atoms with Crippen LogP contribution in [0.15, 0.2) is 110 Å². The average Bonchev–Trinajstić information content (AvgIpc) is 2.86. The number of hydrogen-bond donors (Lipinski definition) is 0. The Morgan fingerprint density at radius 2 is 0.794 bits per heavy atom. The first-order valence-corrected chi connectivity index (χ1v) is 11.1. The fraction of sp³-hybridized carbons (Fsp3) is 0.0667. The zero-order chi connectivity index (χ0) is 23.6. The van der Waals surface area contributed by atoms with E-state index in [1.807, 2.05) is 110 Å². The van der Waals surface area contributed by atoms with Gasteiger partial charge >= 0.3 is 0 Å². The number of hydrogen-bond acceptors (Lipinski definition) is 4. The summed E-state index contributed by atoms with van der Waals surface area (Å²) in [6.45, 7) is 4.11. The molecule has 34 heavy (non-hydrogen) atoms. The second-order valence-corrected chi connectivity index (χ2v) is 7.87. The van der Waals surface area contributed by atoms with Crippen LogP contribution in [0.4, 0.5) is 0 Å². The highest BCUT2D eigenvalue weighted by molar-refractivity contribution is 5.62. The van der Waals surface area contributed by atoms with Crippen LogP contribution < -0.4 is 0 Å². The van der Waals surface area contributed by atoms with Crippen LogP contribution in [0.5, 0.6) is 0 Å². The van der Waals surface area contributed by atoms with E-state index in [1.165, 1.54) is 11.1 Å². The molecule has 0 spiro atoms. The van der Waals surface area contributed by atoms with E-state index in [0.29, 0.717) is 0 Å². The first-order chi connectivity index (χ1) is 16.7. The van der Waals surface area contributed by atoms with Gasteiger partial charge in [-0.05, 0) is 84.6 Å². The van der Waals surface area contributed by atoms with Gasteiger partial charge in [-0.1, -0.05) is 48.6 Å². The lowest BCUT2D eigenvalue weighted by Gasteiger charge is -2.02. The van der Waals surface area contributed by atoms with E-state index < -0.39 is 0 Å². The fourth-order valence-electron chi connectivity index (χ4n) is 3.32. The maximum atomic E-state index is 4.44. The number of allylic oxidation sites excluding steroid dienone is 6. The van der Waals surface area contributed by atoms with Crippen molar-refractivity contribution in [3.8, 4) is 22.8 Å². The molecule has 4 nitrogen and oxygen atoms in total. The summed E-state index contributed by atoms with van der Waals surface area (Å²) in [5.41, 5.74) is 8.02. The molecule has 4 rings (SSSR count). The molecule has 0 fully saturated rings. The second kappa shape index (κ2) is 11.4. The van der Waals surface area contributed by atoms with Gasteiger partial charge in [0.25, 0.3) is 0 Å². The third-order valence-corrected chi connectivity index (χ3v) is 5.06. The number of aryl methyl sites for hydroxylation is 2. The van der Waals surface area contributed by atoms with E-state index in [0.717, 1.165) is 33.9 Å². The summed E-state index contributed by atoms with van der Waals surface area (Å²) in [6.07, 6.45) is 23.4. The minimum absolute atomic E-state index is 0.873. The lowest BCUT2D eigenvalue weighted by Crippen LogP contribution is -1.88. The van der Waals surface area contributed by atoms with Gasteiger partial charge in [-0.2, -0.15) is 0 Å². The van der Waals surface area contributed by atoms with Gasteiger partial charge in [-0.25, -0.2) is 0 Å². The third-order valence-electron chi connectivity index (χ3n) is 5.06. The highest BCUT2D eigenvalue weighted by Gasteiger charge is 2.02. The van der Waals surface area contributed by atoms with Crippen LogP contribution in [0, 0.1) is 13.8 Å². The van der Waals surface area contributed by atoms with E-state index in [2.05, 4.69) is 45.9 Å². The monoisotopic (exact) mass is 442 g/mol. The van der Waals surface area contributed by atoms with Crippen molar-refractivity contribution in [2.24, 2.45) is 0 Å². The third kappa shape index (κ3) is 6.53. The number of pyridine rings is 4. The molecule has 0 aliphatic rings. The predicted octanol–water partition coefficient (Wildman–Crippen LogP) is 7.06. The van der Waals surface area contributed by atoms with Crippen LogP contribution in [0.25, 0.3) is 34.9 Å². The molecule has 0 N–H and O–H groups in total. The van der Waals surface area contributed by atoms with Gasteiger partial charge in [-0.3, -0.25) is 19.9 Å². The summed E-state index contributed by atoms with van der Waals surface area (Å²) < 4.78 is 0. The summed E-state index contributed by atoms with van der Waals surface area (Å²) in [7, 11) is 0. The number of rotatable bonds is 7. The van der Waals surface area contributed by atoms with Crippen LogP contribution in [-0.2, 0) is 0 Å². The Kier molecular flexibility index (Phi) is 7.65. The lowest BCUT2D eigenvalue weighted by atomic mass is 10.1. The topological polar surface area (TPSA) is 51.6 Å². The van der Waals surface area contributed by atoms with Crippen LogP contribution in [-0.4, -0.2) is 19.9 Å². The molecule has 0 aromatic carbocycles. The molecule has 0 saturated carbocycles. The standard InChI is InChI=1S/C30H26N4/c1-23-11-15-31-27(19-23)29-21-25(13-17-33-29)9-7-5-3-4-6-8-10-26-14-18-34-30(22-26)28-20-24(2)12-16-32-28/h3-22H,1-2H3/b5-3+,6-4+,9-7+,10-8+. The first-order valence-electron chi connectivity index (χ1n) is 11.1. The van der Waals surface area contributed by atoms with E-state index in [-0.39, 0.29) is 0 Å². The Hall–Kier alpha value is -4.44. The molecule has 4 aromatic rings. The van der Waals surface area contributed by atoms with Crippen molar-refractivity contribution in [2.75, 3.05) is 0 Å². The van der Waals surface area contributed by atoms with Crippen LogP contribution >= 0.6 is 0 Å². The Labute approximate surface area is 200 Å². The van der Waals surface area contributed by atoms with Gasteiger partial charge in [0, 0.05) is 24.8 Å². The van der Waals surface area contributed by atoms with Gasteiger partial charge < -0.3 is 0 Å². The molecule has 166 valence electrons. The Balaban J connectivity index is 1.33. The van der Waals surface area contributed by atoms with Crippen LogP contribution in [0.2, 0.25) is 0 Å². The summed E-state index contributed by atoms with van der Waals surface area (Å²) in [4.78, 5) is 17.7. The molecule has 0 radical (unpaired) electrons. The maximum absolute atomic E-state index is 4.44. The smallest absolute Gasteiger partial charge is 0.0892 e. The Bertz CT molecular complexity index is 1270. The van der Waals surface area contributed by atoms with Gasteiger partial charge in [-0.15, -0.1) is 0 Å². The molecule has 0 unspecified atom stereocenters. The minimum atomic E-state index is 0.873. The lowest BCUT2D eigenvalue weighted by molar-refractivity contribution is 1.23. The molecule has 0 aliphatic carbocycles. The summed E-state index contributed by atoms with van der Waals surface area (Å²) >= 11 is 0. The molecule has 0 aliphatic heterocycles. The predicted molar refractivity (Wildman–Crippen MR) is 141 cm³/mol. The largest absolute Gasteiger partial charge is 0.255 e. The molecule has 4 aromatic heterocycles. The first kappa shape index (κ1) is 22.7. The molecule has 0 amide bonds. The molecule has 0 saturated heterocycles. The van der Waals surface area contributed by atoms with E-state index in [4.69, 9.17) is 0 Å². The van der Waals surface area contributed by atoms with E-state index in [9.17, 15) is 0 Å². The van der Waals surface area contributed by atoms with Crippen molar-refractivity contribution in [3.63, 3.8) is 0 Å². The highest BCUT2D eigenvalue weighted by atomic mass is 14.8. The molecule has 4 heterocycles. The average molecular weight is 443 g/mol. The van der Waals surface area contributed by atoms with Crippen molar-refractivity contribution >= 4 is 12.2 Å². The Morgan fingerprint density at radius 3 is 1.21 bits per heavy atom. The van der Waals surface area contributed by atoms with Crippen LogP contribution in [0.3, 0.4) is 0 Å². The summed E-state index contributed by atoms with van der Waals surface area (Å²) in [5.74, 6) is 0. The SMILES string of the molecule is Cc1ccnc(-c2cc(/C=C/C=C/C=C/C=C/c3ccnc(-c4cc(C)ccn4)c3)ccn2)c1. The van der Waals surface area contributed by atoms with Gasteiger partial charge in [0.2, 0.25) is 0 Å². The summed E-state index contributed by atoms with van der Waals surface area (Å²) in [6, 6.07) is 16.1. The second-order valence-electron chi connectivity index (χ2n) is 7.87. The number of aromatic nitrogens is 4. The quantitative estimate of drug-likeness (QED) is 0.288. The number of nitrogens with zero attached hydrogens (tertiary/aromatic N) is 4. The molecular weight excluding hydrogens is 416 g/mol. The van der Waals surface area contributed by atoms with Gasteiger partial charge in [0.05, 0.1) is 22.8 Å². The zero-order valence-corrected chi connectivity index (χ0v) is 19.3. The zero-order valence-electron chi connectivity index (χ0n) is 19.3. The van der Waals surface area contributed by atoms with E-state index >= 15 is 0 Å². The van der Waals surface area contributed by atoms with Crippen molar-refractivity contribution in [1.82, 2.24) is 19.9 Å². The van der Waals surface area contributed by atoms with E-state index in [1.54, 1.807) is 0 Å². The minimum Gasteiger partial charge on any atom is -0.255 e. The molecule has 0 atom stereocenters. The van der Waals surface area contributed by atoms with Crippen molar-refractivity contribution in [3.05, 3.63) is 132 Å². The normalized spacial score (nSPS) is 11.9. The fourth-order valence-corrected chi connectivity index (χ4v) is 3.32. The maximum Gasteiger partial charge on any atom is 0.0892 e. The highest BCUT2D eigenvalue weighted by Crippen LogP contribution is 2.18. The van der Waals surface area contributed by atoms with Crippen LogP contribution in [0.1, 0.15) is 22.3 Å². The Morgan fingerprint density at radius 1 is 0.441 bits per heavy atom. The summed E-state index contributed by atoms with van der Waals surface area (Å²) in [5, 5.41) is 0. The van der Waals surface area contributed by atoms with Crippen molar-refractivity contribution < 1.29 is 0 Å². The van der Waals surface area contributed by atoms with Crippen molar-refractivity contribution in [1.29, 1.82) is 0 Å². The molecule has 4 heteroatoms. The molecule has 0 bridgehead atoms. The van der Waals surface area contributed by atoms with Gasteiger partial charge in [0.15, 0.2) is 0 Å². The molecular formula is C30H26N4. The van der Waals surface area contributed by atoms with Crippen molar-refractivity contribution in [2.45, 2.75) is 13.8 Å².